The monoisotopic (exact) mass is 236 g/mol. The molecule has 0 radical (unpaired) electrons. The Balaban J connectivity index is 0.00000196. The molecule has 0 aromatic heterocycles. The molecular weight excluding hydrogens is 216 g/mol. The molecule has 5 heteroatoms. The van der Waals surface area contributed by atoms with Gasteiger partial charge in [-0.2, -0.15) is 0 Å². The topological polar surface area (TPSA) is 64.3 Å². The van der Waals surface area contributed by atoms with E-state index in [2.05, 4.69) is 5.32 Å². The Morgan fingerprint density at radius 1 is 1.53 bits per heavy atom. The van der Waals surface area contributed by atoms with Crippen molar-refractivity contribution in [3.63, 3.8) is 0 Å². The Hall–Kier alpha value is -0.320. The van der Waals surface area contributed by atoms with Crippen LogP contribution in [0.5, 0.6) is 0 Å². The van der Waals surface area contributed by atoms with Crippen LogP contribution in [-0.4, -0.2) is 30.7 Å². The average Bonchev–Trinajstić information content (AvgIpc) is 2.51. The van der Waals surface area contributed by atoms with E-state index in [1.165, 1.54) is 0 Å². The minimum Gasteiger partial charge on any atom is -0.459 e. The summed E-state index contributed by atoms with van der Waals surface area (Å²) >= 11 is 0. The predicted molar refractivity (Wildman–Crippen MR) is 62.0 cm³/mol. The van der Waals surface area contributed by atoms with Crippen molar-refractivity contribution < 1.29 is 9.53 Å². The third kappa shape index (κ3) is 4.82. The van der Waals surface area contributed by atoms with Crippen molar-refractivity contribution in [2.45, 2.75) is 38.8 Å². The summed E-state index contributed by atoms with van der Waals surface area (Å²) in [6, 6.07) is -0.482. The van der Waals surface area contributed by atoms with Crippen LogP contribution in [0, 0.1) is 5.92 Å². The molecular formula is C10H21ClN2O2. The number of carbonyl (C=O) groups excluding carboxylic acids is 1. The number of hydrogen-bond donors (Lipinski definition) is 2. The molecule has 2 unspecified atom stereocenters. The van der Waals surface area contributed by atoms with E-state index >= 15 is 0 Å². The quantitative estimate of drug-likeness (QED) is 0.693. The number of nitrogens with two attached hydrogens (primary N) is 1. The number of esters is 1. The Morgan fingerprint density at radius 3 is 2.53 bits per heavy atom. The number of halogens is 1. The smallest absolute Gasteiger partial charge is 0.323 e. The summed E-state index contributed by atoms with van der Waals surface area (Å²) < 4.78 is 5.22. The van der Waals surface area contributed by atoms with Gasteiger partial charge in [0.1, 0.15) is 11.6 Å². The van der Waals surface area contributed by atoms with Crippen LogP contribution in [0.1, 0.15) is 27.2 Å². The van der Waals surface area contributed by atoms with Gasteiger partial charge in [0, 0.05) is 6.54 Å². The molecule has 0 amide bonds. The van der Waals surface area contributed by atoms with E-state index in [4.69, 9.17) is 10.5 Å². The van der Waals surface area contributed by atoms with Crippen molar-refractivity contribution in [1.82, 2.24) is 5.32 Å². The second-order valence-corrected chi connectivity index (χ2v) is 4.81. The molecule has 90 valence electrons. The van der Waals surface area contributed by atoms with Gasteiger partial charge in [-0.15, -0.1) is 12.4 Å². The highest BCUT2D eigenvalue weighted by Crippen LogP contribution is 2.15. The number of ether oxygens (including phenoxy) is 1. The van der Waals surface area contributed by atoms with Crippen molar-refractivity contribution in [2.75, 3.05) is 13.1 Å². The zero-order valence-electron chi connectivity index (χ0n) is 9.58. The molecule has 0 aromatic carbocycles. The summed E-state index contributed by atoms with van der Waals surface area (Å²) in [5.41, 5.74) is 5.37. The lowest BCUT2D eigenvalue weighted by Gasteiger charge is -2.24. The van der Waals surface area contributed by atoms with Crippen LogP contribution in [0.4, 0.5) is 0 Å². The molecule has 4 nitrogen and oxygen atoms in total. The van der Waals surface area contributed by atoms with Crippen LogP contribution in [0.3, 0.4) is 0 Å². The fraction of sp³-hybridized carbons (Fsp3) is 0.900. The summed E-state index contributed by atoms with van der Waals surface area (Å²) in [6.45, 7) is 7.32. The van der Waals surface area contributed by atoms with Gasteiger partial charge < -0.3 is 15.8 Å². The van der Waals surface area contributed by atoms with E-state index in [9.17, 15) is 4.79 Å². The SMILES string of the molecule is CC(C)(C)OC(=O)C(N)C1CCNC1.Cl. The van der Waals surface area contributed by atoms with E-state index in [0.29, 0.717) is 0 Å². The molecule has 3 N–H and O–H groups in total. The van der Waals surface area contributed by atoms with Gasteiger partial charge >= 0.3 is 5.97 Å². The standard InChI is InChI=1S/C10H20N2O2.ClH/c1-10(2,3)14-9(13)8(11)7-4-5-12-6-7;/h7-8,12H,4-6,11H2,1-3H3;1H. The first-order valence-electron chi connectivity index (χ1n) is 5.09. The van der Waals surface area contributed by atoms with Crippen molar-refractivity contribution in [2.24, 2.45) is 11.7 Å². The number of hydrogen-bond acceptors (Lipinski definition) is 4. The van der Waals surface area contributed by atoms with Crippen molar-refractivity contribution >= 4 is 18.4 Å². The number of rotatable bonds is 2. The fourth-order valence-electron chi connectivity index (χ4n) is 1.55. The largest absolute Gasteiger partial charge is 0.459 e. The molecule has 1 fully saturated rings. The molecule has 1 aliphatic rings. The Bertz CT molecular complexity index is 210. The third-order valence-electron chi connectivity index (χ3n) is 2.29. The van der Waals surface area contributed by atoms with Crippen molar-refractivity contribution in [3.05, 3.63) is 0 Å². The predicted octanol–water partition coefficient (Wildman–Crippen LogP) is 0.687. The molecule has 1 rings (SSSR count). The van der Waals surface area contributed by atoms with E-state index in [1.807, 2.05) is 20.8 Å². The van der Waals surface area contributed by atoms with Gasteiger partial charge in [-0.05, 0) is 39.7 Å². The number of carbonyl (C=O) groups is 1. The van der Waals surface area contributed by atoms with Crippen LogP contribution in [-0.2, 0) is 9.53 Å². The lowest BCUT2D eigenvalue weighted by atomic mass is 10.00. The van der Waals surface area contributed by atoms with E-state index in [0.717, 1.165) is 19.5 Å². The number of nitrogens with one attached hydrogen (secondary N) is 1. The molecule has 1 saturated heterocycles. The summed E-state index contributed by atoms with van der Waals surface area (Å²) in [6.07, 6.45) is 0.959. The average molecular weight is 237 g/mol. The molecule has 0 bridgehead atoms. The fourth-order valence-corrected chi connectivity index (χ4v) is 1.55. The van der Waals surface area contributed by atoms with Crippen LogP contribution >= 0.6 is 12.4 Å². The lowest BCUT2D eigenvalue weighted by Crippen LogP contribution is -2.43. The summed E-state index contributed by atoms with van der Waals surface area (Å²) in [4.78, 5) is 11.6. The van der Waals surface area contributed by atoms with Crippen molar-refractivity contribution in [3.8, 4) is 0 Å². The maximum absolute atomic E-state index is 11.6. The van der Waals surface area contributed by atoms with Gasteiger partial charge in [0.2, 0.25) is 0 Å². The van der Waals surface area contributed by atoms with Gasteiger partial charge in [0.05, 0.1) is 0 Å². The maximum atomic E-state index is 11.6. The van der Waals surface area contributed by atoms with Crippen LogP contribution < -0.4 is 11.1 Å². The highest BCUT2D eigenvalue weighted by molar-refractivity contribution is 5.85. The summed E-state index contributed by atoms with van der Waals surface area (Å²) in [7, 11) is 0. The van der Waals surface area contributed by atoms with E-state index < -0.39 is 11.6 Å². The molecule has 2 atom stereocenters. The first kappa shape index (κ1) is 14.7. The van der Waals surface area contributed by atoms with Crippen LogP contribution in [0.25, 0.3) is 0 Å². The van der Waals surface area contributed by atoms with Gasteiger partial charge in [0.25, 0.3) is 0 Å². The van der Waals surface area contributed by atoms with Crippen LogP contribution in [0.2, 0.25) is 0 Å². The van der Waals surface area contributed by atoms with Gasteiger partial charge in [-0.25, -0.2) is 0 Å². The van der Waals surface area contributed by atoms with Gasteiger partial charge in [-0.1, -0.05) is 0 Å². The maximum Gasteiger partial charge on any atom is 0.323 e. The third-order valence-corrected chi connectivity index (χ3v) is 2.29. The highest BCUT2D eigenvalue weighted by atomic mass is 35.5. The van der Waals surface area contributed by atoms with Gasteiger partial charge in [0.15, 0.2) is 0 Å². The minimum absolute atomic E-state index is 0. The first-order valence-corrected chi connectivity index (χ1v) is 5.09. The second kappa shape index (κ2) is 5.68. The molecule has 0 spiro atoms. The van der Waals surface area contributed by atoms with Crippen molar-refractivity contribution in [1.29, 1.82) is 0 Å². The van der Waals surface area contributed by atoms with E-state index in [1.54, 1.807) is 0 Å². The normalized spacial score (nSPS) is 23.1. The summed E-state index contributed by atoms with van der Waals surface area (Å²) in [5.74, 6) is -0.0592. The molecule has 0 aromatic rings. The lowest BCUT2D eigenvalue weighted by molar-refractivity contribution is -0.157. The molecule has 15 heavy (non-hydrogen) atoms. The first-order chi connectivity index (χ1) is 6.40. The summed E-state index contributed by atoms with van der Waals surface area (Å²) in [5, 5.41) is 3.18. The zero-order chi connectivity index (χ0) is 10.8. The molecule has 0 aliphatic carbocycles. The Labute approximate surface area is 97.3 Å². The second-order valence-electron chi connectivity index (χ2n) is 4.81. The molecule has 1 aliphatic heterocycles. The molecule has 1 heterocycles. The minimum atomic E-state index is -0.482. The van der Waals surface area contributed by atoms with E-state index in [-0.39, 0.29) is 24.3 Å². The zero-order valence-corrected chi connectivity index (χ0v) is 10.4. The Morgan fingerprint density at radius 2 is 2.13 bits per heavy atom. The van der Waals surface area contributed by atoms with Crippen LogP contribution in [0.15, 0.2) is 0 Å². The van der Waals surface area contributed by atoms with Gasteiger partial charge in [-0.3, -0.25) is 4.79 Å². The highest BCUT2D eigenvalue weighted by Gasteiger charge is 2.30. The molecule has 0 saturated carbocycles. The Kier molecular flexibility index (Phi) is 5.56.